The second-order valence-corrected chi connectivity index (χ2v) is 9.44. The molecule has 1 heterocycles. The van der Waals surface area contributed by atoms with E-state index in [1.165, 1.54) is 0 Å². The summed E-state index contributed by atoms with van der Waals surface area (Å²) in [6, 6.07) is 7.68. The van der Waals surface area contributed by atoms with Crippen LogP contribution in [0.1, 0.15) is 39.2 Å². The molecular weight excluding hydrogens is 374 g/mol. The number of benzene rings is 1. The molecule has 0 N–H and O–H groups in total. The Bertz CT molecular complexity index is 659. The molecule has 2 amide bonds. The summed E-state index contributed by atoms with van der Waals surface area (Å²) in [6.45, 7) is 9.26. The summed E-state index contributed by atoms with van der Waals surface area (Å²) in [4.78, 5) is 31.7. The third kappa shape index (κ3) is 6.49. The van der Waals surface area contributed by atoms with Gasteiger partial charge in [0.15, 0.2) is 0 Å². The molecule has 0 spiro atoms. The molecule has 0 unspecified atom stereocenters. The Kier molecular flexibility index (Phi) is 7.90. The Morgan fingerprint density at radius 2 is 1.64 bits per heavy atom. The van der Waals surface area contributed by atoms with Crippen LogP contribution >= 0.6 is 11.6 Å². The van der Waals surface area contributed by atoms with E-state index in [9.17, 15) is 9.59 Å². The Hall–Kier alpha value is -1.59. The lowest BCUT2D eigenvalue weighted by Gasteiger charge is -2.37. The van der Waals surface area contributed by atoms with Gasteiger partial charge in [0, 0.05) is 49.1 Å². The van der Waals surface area contributed by atoms with Crippen LogP contribution in [0.2, 0.25) is 5.02 Å². The van der Waals surface area contributed by atoms with Crippen molar-refractivity contribution in [3.8, 4) is 0 Å². The second-order valence-electron chi connectivity index (χ2n) is 9.01. The van der Waals surface area contributed by atoms with E-state index in [-0.39, 0.29) is 23.1 Å². The van der Waals surface area contributed by atoms with Crippen LogP contribution < -0.4 is 0 Å². The van der Waals surface area contributed by atoms with Gasteiger partial charge in [-0.25, -0.2) is 0 Å². The average molecular weight is 408 g/mol. The Balaban J connectivity index is 2.01. The molecule has 2 rings (SSSR count). The predicted octanol–water partition coefficient (Wildman–Crippen LogP) is 3.51. The van der Waals surface area contributed by atoms with Gasteiger partial charge in [0.05, 0.1) is 0 Å². The molecule has 0 aromatic heterocycles. The molecule has 1 aromatic rings. The maximum atomic E-state index is 13.2. The van der Waals surface area contributed by atoms with Crippen LogP contribution in [0.15, 0.2) is 24.3 Å². The molecule has 0 radical (unpaired) electrons. The maximum absolute atomic E-state index is 13.2. The van der Waals surface area contributed by atoms with Gasteiger partial charge in [-0.1, -0.05) is 44.5 Å². The van der Waals surface area contributed by atoms with Crippen LogP contribution in [0.5, 0.6) is 0 Å². The highest BCUT2D eigenvalue weighted by molar-refractivity contribution is 6.30. The summed E-state index contributed by atoms with van der Waals surface area (Å²) in [5.74, 6) is 0.349. The molecule has 6 heteroatoms. The van der Waals surface area contributed by atoms with Gasteiger partial charge in [-0.3, -0.25) is 9.59 Å². The summed E-state index contributed by atoms with van der Waals surface area (Å²) in [5, 5.41) is 0.700. The summed E-state index contributed by atoms with van der Waals surface area (Å²) >= 11 is 5.99. The number of halogens is 1. The standard InChI is InChI=1S/C22H34ClN3O2/c1-22(2,3)21(28)25-12-10-18(11-13-25)20(27)26(15-14-24(4)5)16-17-6-8-19(23)9-7-17/h6-9,18H,10-16H2,1-5H3. The van der Waals surface area contributed by atoms with Crippen molar-refractivity contribution in [2.24, 2.45) is 11.3 Å². The molecule has 5 nitrogen and oxygen atoms in total. The molecule has 0 bridgehead atoms. The van der Waals surface area contributed by atoms with E-state index in [0.29, 0.717) is 31.2 Å². The van der Waals surface area contributed by atoms with Crippen molar-refractivity contribution in [1.82, 2.24) is 14.7 Å². The smallest absolute Gasteiger partial charge is 0.227 e. The molecule has 1 saturated heterocycles. The topological polar surface area (TPSA) is 43.9 Å². The molecule has 1 aromatic carbocycles. The molecular formula is C22H34ClN3O2. The number of hydrogen-bond donors (Lipinski definition) is 0. The van der Waals surface area contributed by atoms with E-state index >= 15 is 0 Å². The van der Waals surface area contributed by atoms with Crippen molar-refractivity contribution < 1.29 is 9.59 Å². The van der Waals surface area contributed by atoms with Crippen LogP contribution in [0.25, 0.3) is 0 Å². The number of amides is 2. The molecule has 1 aliphatic heterocycles. The van der Waals surface area contributed by atoms with Crippen LogP contribution in [-0.4, -0.2) is 66.8 Å². The third-order valence-corrected chi connectivity index (χ3v) is 5.44. The molecule has 1 fully saturated rings. The highest BCUT2D eigenvalue weighted by Gasteiger charge is 2.33. The fourth-order valence-corrected chi connectivity index (χ4v) is 3.59. The molecule has 0 atom stereocenters. The highest BCUT2D eigenvalue weighted by atomic mass is 35.5. The van der Waals surface area contributed by atoms with Crippen LogP contribution in [0.3, 0.4) is 0 Å². The van der Waals surface area contributed by atoms with Crippen molar-refractivity contribution in [2.75, 3.05) is 40.3 Å². The molecule has 28 heavy (non-hydrogen) atoms. The van der Waals surface area contributed by atoms with E-state index < -0.39 is 0 Å². The Labute approximate surface area is 174 Å². The molecule has 0 saturated carbocycles. The monoisotopic (exact) mass is 407 g/mol. The fourth-order valence-electron chi connectivity index (χ4n) is 3.46. The van der Waals surface area contributed by atoms with Gasteiger partial charge in [-0.05, 0) is 44.6 Å². The minimum Gasteiger partial charge on any atom is -0.342 e. The van der Waals surface area contributed by atoms with Gasteiger partial charge in [0.1, 0.15) is 0 Å². The minimum absolute atomic E-state index is 0.0153. The van der Waals surface area contributed by atoms with Crippen molar-refractivity contribution in [3.63, 3.8) is 0 Å². The lowest BCUT2D eigenvalue weighted by atomic mass is 9.90. The van der Waals surface area contributed by atoms with Gasteiger partial charge in [0.2, 0.25) is 11.8 Å². The third-order valence-electron chi connectivity index (χ3n) is 5.19. The van der Waals surface area contributed by atoms with Crippen molar-refractivity contribution in [3.05, 3.63) is 34.9 Å². The quantitative estimate of drug-likeness (QED) is 0.724. The number of carbonyl (C=O) groups is 2. The zero-order chi connectivity index (χ0) is 20.9. The Morgan fingerprint density at radius 3 is 2.14 bits per heavy atom. The van der Waals surface area contributed by atoms with Gasteiger partial charge in [0.25, 0.3) is 0 Å². The van der Waals surface area contributed by atoms with Gasteiger partial charge in [-0.2, -0.15) is 0 Å². The highest BCUT2D eigenvalue weighted by Crippen LogP contribution is 2.25. The van der Waals surface area contributed by atoms with Crippen molar-refractivity contribution in [2.45, 2.75) is 40.2 Å². The molecule has 1 aliphatic rings. The minimum atomic E-state index is -0.372. The van der Waals surface area contributed by atoms with Crippen LogP contribution in [0, 0.1) is 11.3 Å². The zero-order valence-corrected chi connectivity index (χ0v) is 18.6. The first-order chi connectivity index (χ1) is 13.1. The summed E-state index contributed by atoms with van der Waals surface area (Å²) in [5.41, 5.74) is 0.709. The summed E-state index contributed by atoms with van der Waals surface area (Å²) in [7, 11) is 4.03. The summed E-state index contributed by atoms with van der Waals surface area (Å²) < 4.78 is 0. The number of rotatable bonds is 6. The fraction of sp³-hybridized carbons (Fsp3) is 0.636. The number of carbonyl (C=O) groups excluding carboxylic acids is 2. The maximum Gasteiger partial charge on any atom is 0.227 e. The zero-order valence-electron chi connectivity index (χ0n) is 17.9. The van der Waals surface area contributed by atoms with E-state index in [4.69, 9.17) is 11.6 Å². The first-order valence-corrected chi connectivity index (χ1v) is 10.4. The number of likely N-dealkylation sites (tertiary alicyclic amines) is 1. The number of nitrogens with zero attached hydrogens (tertiary/aromatic N) is 3. The molecule has 156 valence electrons. The van der Waals surface area contributed by atoms with Gasteiger partial charge >= 0.3 is 0 Å². The lowest BCUT2D eigenvalue weighted by molar-refractivity contribution is -0.145. The van der Waals surface area contributed by atoms with E-state index in [2.05, 4.69) is 4.90 Å². The van der Waals surface area contributed by atoms with Crippen LogP contribution in [-0.2, 0) is 16.1 Å². The summed E-state index contributed by atoms with van der Waals surface area (Å²) in [6.07, 6.45) is 1.47. The van der Waals surface area contributed by atoms with Gasteiger partial charge < -0.3 is 14.7 Å². The first-order valence-electron chi connectivity index (χ1n) is 10.1. The molecule has 0 aliphatic carbocycles. The number of hydrogen-bond acceptors (Lipinski definition) is 3. The second kappa shape index (κ2) is 9.75. The van der Waals surface area contributed by atoms with E-state index in [0.717, 1.165) is 24.9 Å². The SMILES string of the molecule is CN(C)CCN(Cc1ccc(Cl)cc1)C(=O)C1CCN(C(=O)C(C)(C)C)CC1. The van der Waals surface area contributed by atoms with E-state index in [1.54, 1.807) is 0 Å². The normalized spacial score (nSPS) is 15.8. The lowest BCUT2D eigenvalue weighted by Crippen LogP contribution is -2.48. The number of likely N-dealkylation sites (N-methyl/N-ethyl adjacent to an activating group) is 1. The van der Waals surface area contributed by atoms with Gasteiger partial charge in [-0.15, -0.1) is 0 Å². The van der Waals surface area contributed by atoms with Crippen molar-refractivity contribution in [1.29, 1.82) is 0 Å². The average Bonchev–Trinajstić information content (AvgIpc) is 2.64. The Morgan fingerprint density at radius 1 is 1.07 bits per heavy atom. The number of piperidine rings is 1. The predicted molar refractivity (Wildman–Crippen MR) is 114 cm³/mol. The van der Waals surface area contributed by atoms with Crippen LogP contribution in [0.4, 0.5) is 0 Å². The first kappa shape index (κ1) is 22.7. The van der Waals surface area contributed by atoms with E-state index in [1.807, 2.05) is 68.9 Å². The van der Waals surface area contributed by atoms with Crippen molar-refractivity contribution >= 4 is 23.4 Å². The largest absolute Gasteiger partial charge is 0.342 e.